The third-order valence-corrected chi connectivity index (χ3v) is 1.06. The zero-order valence-electron chi connectivity index (χ0n) is 5.18. The summed E-state index contributed by atoms with van der Waals surface area (Å²) < 4.78 is 0. The summed E-state index contributed by atoms with van der Waals surface area (Å²) in [6, 6.07) is 0. The Labute approximate surface area is 48.9 Å². The lowest BCUT2D eigenvalue weighted by Crippen LogP contribution is -2.09. The molecule has 0 N–H and O–H groups in total. The monoisotopic (exact) mass is 114 g/mol. The van der Waals surface area contributed by atoms with Gasteiger partial charge in [-0.1, -0.05) is 6.92 Å². The lowest BCUT2D eigenvalue weighted by Gasteiger charge is -1.95. The highest BCUT2D eigenvalue weighted by Crippen LogP contribution is 1.94. The molecular formula is C6H10O2. The molecular weight excluding hydrogens is 104 g/mol. The average Bonchev–Trinajstić information content (AvgIpc) is 1.84. The fourth-order valence-corrected chi connectivity index (χ4v) is 0.398. The molecule has 0 aromatic heterocycles. The number of carbonyl (C=O) groups excluding carboxylic acids is 2. The first-order valence-corrected chi connectivity index (χ1v) is 2.70. The molecule has 46 valence electrons. The normalized spacial score (nSPS) is 12.8. The van der Waals surface area contributed by atoms with Crippen LogP contribution in [0.2, 0.25) is 0 Å². The van der Waals surface area contributed by atoms with E-state index in [0.29, 0.717) is 12.7 Å². The van der Waals surface area contributed by atoms with Gasteiger partial charge in [-0.05, 0) is 6.92 Å². The van der Waals surface area contributed by atoms with E-state index in [-0.39, 0.29) is 5.78 Å². The molecule has 1 atom stereocenters. The molecule has 0 rings (SSSR count). The molecule has 0 fully saturated rings. The van der Waals surface area contributed by atoms with Crippen molar-refractivity contribution >= 4 is 12.1 Å². The van der Waals surface area contributed by atoms with Crippen LogP contribution in [-0.4, -0.2) is 12.1 Å². The number of ketones is 1. The molecule has 0 amide bonds. The number of aldehydes is 1. The fraction of sp³-hybridized carbons (Fsp3) is 0.667. The summed E-state index contributed by atoms with van der Waals surface area (Å²) >= 11 is 0. The van der Waals surface area contributed by atoms with E-state index in [9.17, 15) is 9.59 Å². The second kappa shape index (κ2) is 3.36. The number of Topliss-reactive ketones (excluding diaryl/α,β-unsaturated/α-hetero) is 1. The van der Waals surface area contributed by atoms with Crippen molar-refractivity contribution in [2.24, 2.45) is 5.92 Å². The highest BCUT2D eigenvalue weighted by atomic mass is 16.1. The summed E-state index contributed by atoms with van der Waals surface area (Å²) in [6.45, 7) is 3.36. The summed E-state index contributed by atoms with van der Waals surface area (Å²) in [6.07, 6.45) is 1.13. The molecule has 0 saturated carbocycles. The summed E-state index contributed by atoms with van der Waals surface area (Å²) in [5.74, 6) is -0.389. The standard InChI is InChI=1S/C6H10O2/c1-3-6(8)5(2)4-7/h4-5H,3H2,1-2H3. The van der Waals surface area contributed by atoms with Crippen molar-refractivity contribution in [3.05, 3.63) is 0 Å². The Hall–Kier alpha value is -0.660. The van der Waals surface area contributed by atoms with Gasteiger partial charge in [-0.2, -0.15) is 0 Å². The number of hydrogen-bond acceptors (Lipinski definition) is 2. The lowest BCUT2D eigenvalue weighted by molar-refractivity contribution is -0.126. The van der Waals surface area contributed by atoms with E-state index < -0.39 is 5.92 Å². The van der Waals surface area contributed by atoms with Gasteiger partial charge in [-0.25, -0.2) is 0 Å². The van der Waals surface area contributed by atoms with E-state index in [1.165, 1.54) is 0 Å². The molecule has 0 aliphatic rings. The third kappa shape index (κ3) is 1.87. The van der Waals surface area contributed by atoms with Crippen LogP contribution in [0.5, 0.6) is 0 Å². The molecule has 0 spiro atoms. The highest BCUT2D eigenvalue weighted by molar-refractivity contribution is 5.92. The molecule has 8 heavy (non-hydrogen) atoms. The minimum absolute atomic E-state index is 0.0139. The zero-order chi connectivity index (χ0) is 6.57. The van der Waals surface area contributed by atoms with Gasteiger partial charge in [0.05, 0.1) is 5.92 Å². The Morgan fingerprint density at radius 2 is 2.25 bits per heavy atom. The second-order valence-electron chi connectivity index (χ2n) is 1.74. The van der Waals surface area contributed by atoms with Crippen LogP contribution in [0.4, 0.5) is 0 Å². The summed E-state index contributed by atoms with van der Waals surface area (Å²) in [5, 5.41) is 0. The number of hydrogen-bond donors (Lipinski definition) is 0. The molecule has 0 aliphatic heterocycles. The van der Waals surface area contributed by atoms with Gasteiger partial charge in [0.1, 0.15) is 12.1 Å². The van der Waals surface area contributed by atoms with Gasteiger partial charge in [0, 0.05) is 6.42 Å². The topological polar surface area (TPSA) is 34.1 Å². The largest absolute Gasteiger partial charge is 0.303 e. The molecule has 0 heterocycles. The van der Waals surface area contributed by atoms with Crippen molar-refractivity contribution < 1.29 is 9.59 Å². The van der Waals surface area contributed by atoms with E-state index in [1.807, 2.05) is 0 Å². The van der Waals surface area contributed by atoms with Gasteiger partial charge in [-0.15, -0.1) is 0 Å². The van der Waals surface area contributed by atoms with Crippen molar-refractivity contribution in [3.8, 4) is 0 Å². The molecule has 0 aromatic rings. The van der Waals surface area contributed by atoms with Crippen LogP contribution < -0.4 is 0 Å². The van der Waals surface area contributed by atoms with Crippen molar-refractivity contribution in [1.29, 1.82) is 0 Å². The Morgan fingerprint density at radius 3 is 2.38 bits per heavy atom. The van der Waals surface area contributed by atoms with Crippen molar-refractivity contribution in [2.75, 3.05) is 0 Å². The van der Waals surface area contributed by atoms with Crippen molar-refractivity contribution in [3.63, 3.8) is 0 Å². The van der Waals surface area contributed by atoms with Gasteiger partial charge < -0.3 is 4.79 Å². The maximum atomic E-state index is 10.5. The predicted octanol–water partition coefficient (Wildman–Crippen LogP) is 0.800. The first-order chi connectivity index (χ1) is 3.72. The quantitative estimate of drug-likeness (QED) is 0.401. The van der Waals surface area contributed by atoms with Crippen LogP contribution in [0.1, 0.15) is 20.3 Å². The minimum Gasteiger partial charge on any atom is -0.303 e. The van der Waals surface area contributed by atoms with Crippen LogP contribution in [-0.2, 0) is 9.59 Å². The Bertz CT molecular complexity index is 96.7. The highest BCUT2D eigenvalue weighted by Gasteiger charge is 2.06. The lowest BCUT2D eigenvalue weighted by atomic mass is 10.1. The predicted molar refractivity (Wildman–Crippen MR) is 30.5 cm³/mol. The zero-order valence-corrected chi connectivity index (χ0v) is 5.18. The van der Waals surface area contributed by atoms with Gasteiger partial charge in [0.25, 0.3) is 0 Å². The van der Waals surface area contributed by atoms with Crippen LogP contribution in [0, 0.1) is 5.92 Å². The van der Waals surface area contributed by atoms with E-state index in [4.69, 9.17) is 0 Å². The SMILES string of the molecule is CCC(=O)C(C)C=O. The maximum absolute atomic E-state index is 10.5. The third-order valence-electron chi connectivity index (χ3n) is 1.06. The van der Waals surface area contributed by atoms with Crippen molar-refractivity contribution in [1.82, 2.24) is 0 Å². The van der Waals surface area contributed by atoms with Crippen LogP contribution in [0.3, 0.4) is 0 Å². The van der Waals surface area contributed by atoms with E-state index in [0.717, 1.165) is 0 Å². The first-order valence-electron chi connectivity index (χ1n) is 2.70. The van der Waals surface area contributed by atoms with Crippen LogP contribution >= 0.6 is 0 Å². The van der Waals surface area contributed by atoms with E-state index in [1.54, 1.807) is 13.8 Å². The molecule has 0 saturated heterocycles. The number of carbonyl (C=O) groups is 2. The van der Waals surface area contributed by atoms with E-state index >= 15 is 0 Å². The van der Waals surface area contributed by atoms with E-state index in [2.05, 4.69) is 0 Å². The first kappa shape index (κ1) is 7.34. The fourth-order valence-electron chi connectivity index (χ4n) is 0.398. The van der Waals surface area contributed by atoms with Crippen LogP contribution in [0.25, 0.3) is 0 Å². The minimum atomic E-state index is -0.403. The van der Waals surface area contributed by atoms with Crippen molar-refractivity contribution in [2.45, 2.75) is 20.3 Å². The Balaban J connectivity index is 3.62. The van der Waals surface area contributed by atoms with Gasteiger partial charge in [0.15, 0.2) is 0 Å². The average molecular weight is 114 g/mol. The second-order valence-corrected chi connectivity index (χ2v) is 1.74. The molecule has 0 aromatic carbocycles. The van der Waals surface area contributed by atoms with Gasteiger partial charge >= 0.3 is 0 Å². The smallest absolute Gasteiger partial charge is 0.142 e. The van der Waals surface area contributed by atoms with Gasteiger partial charge in [0.2, 0.25) is 0 Å². The maximum Gasteiger partial charge on any atom is 0.142 e. The number of rotatable bonds is 3. The summed E-state index contributed by atoms with van der Waals surface area (Å²) in [7, 11) is 0. The van der Waals surface area contributed by atoms with Gasteiger partial charge in [-0.3, -0.25) is 4.79 Å². The molecule has 0 radical (unpaired) electrons. The summed E-state index contributed by atoms with van der Waals surface area (Å²) in [4.78, 5) is 20.4. The molecule has 1 unspecified atom stereocenters. The molecule has 0 bridgehead atoms. The Kier molecular flexibility index (Phi) is 3.08. The Morgan fingerprint density at radius 1 is 1.75 bits per heavy atom. The molecule has 0 aliphatic carbocycles. The molecule has 2 heteroatoms. The molecule has 2 nitrogen and oxygen atoms in total. The van der Waals surface area contributed by atoms with Crippen LogP contribution in [0.15, 0.2) is 0 Å². The summed E-state index contributed by atoms with van der Waals surface area (Å²) in [5.41, 5.74) is 0.